The first kappa shape index (κ1) is 21.2. The Kier molecular flexibility index (Phi) is 6.45. The molecule has 2 heterocycles. The Balaban J connectivity index is 1.32. The van der Waals surface area contributed by atoms with Gasteiger partial charge in [-0.2, -0.15) is 0 Å². The molecule has 1 aromatic heterocycles. The van der Waals surface area contributed by atoms with Gasteiger partial charge in [-0.3, -0.25) is 9.59 Å². The van der Waals surface area contributed by atoms with Gasteiger partial charge in [0.25, 0.3) is 5.91 Å². The summed E-state index contributed by atoms with van der Waals surface area (Å²) < 4.78 is 1.42. The minimum atomic E-state index is -0.335. The number of tetrazole rings is 1. The molecular weight excluding hydrogens is 398 g/mol. The molecule has 1 aromatic carbocycles. The van der Waals surface area contributed by atoms with E-state index in [0.717, 1.165) is 58.3 Å². The van der Waals surface area contributed by atoms with Gasteiger partial charge in [0.1, 0.15) is 12.1 Å². The highest BCUT2D eigenvalue weighted by atomic mass is 16.3. The van der Waals surface area contributed by atoms with Crippen LogP contribution in [0.5, 0.6) is 5.75 Å². The number of aromatic nitrogens is 4. The summed E-state index contributed by atoms with van der Waals surface area (Å²) in [5.74, 6) is -0.137. The molecule has 0 unspecified atom stereocenters. The van der Waals surface area contributed by atoms with Crippen molar-refractivity contribution in [2.45, 2.75) is 38.1 Å². The van der Waals surface area contributed by atoms with E-state index in [4.69, 9.17) is 0 Å². The van der Waals surface area contributed by atoms with Crippen LogP contribution in [0.3, 0.4) is 0 Å². The number of likely N-dealkylation sites (N-methyl/N-ethyl adjacent to an activating group) is 1. The Bertz CT molecular complexity index is 910. The van der Waals surface area contributed by atoms with Gasteiger partial charge in [-0.05, 0) is 74.3 Å². The van der Waals surface area contributed by atoms with Gasteiger partial charge in [0.2, 0.25) is 5.91 Å². The maximum Gasteiger partial charge on any atom is 0.255 e. The molecule has 0 bridgehead atoms. The van der Waals surface area contributed by atoms with Crippen molar-refractivity contribution in [3.8, 4) is 11.4 Å². The number of carbonyl (C=O) groups excluding carboxylic acids is 2. The predicted octanol–water partition coefficient (Wildman–Crippen LogP) is 0.821. The molecule has 2 aromatic rings. The van der Waals surface area contributed by atoms with E-state index < -0.39 is 0 Å². The maximum absolute atomic E-state index is 12.9. The summed E-state index contributed by atoms with van der Waals surface area (Å²) in [6, 6.07) is 4.65. The number of hydrogen-bond acceptors (Lipinski definition) is 7. The van der Waals surface area contributed by atoms with Crippen LogP contribution in [0.25, 0.3) is 5.69 Å². The van der Waals surface area contributed by atoms with Crippen LogP contribution in [0.4, 0.5) is 0 Å². The van der Waals surface area contributed by atoms with E-state index in [1.807, 2.05) is 4.90 Å². The molecule has 1 saturated carbocycles. The molecule has 2 N–H and O–H groups in total. The van der Waals surface area contributed by atoms with E-state index in [1.54, 1.807) is 12.1 Å². The zero-order chi connectivity index (χ0) is 21.8. The Hall–Kier alpha value is -3.01. The lowest BCUT2D eigenvalue weighted by Crippen LogP contribution is -2.43. The molecule has 4 rings (SSSR count). The lowest BCUT2D eigenvalue weighted by atomic mass is 9.85. The van der Waals surface area contributed by atoms with Gasteiger partial charge in [0.15, 0.2) is 0 Å². The number of phenolic OH excluding ortho intramolecular Hbond substituents is 1. The number of nitrogens with one attached hydrogen (secondary N) is 1. The van der Waals surface area contributed by atoms with Gasteiger partial charge in [-0.15, -0.1) is 5.10 Å². The molecule has 1 aliphatic heterocycles. The fourth-order valence-corrected chi connectivity index (χ4v) is 4.40. The van der Waals surface area contributed by atoms with Crippen LogP contribution in [-0.4, -0.2) is 86.2 Å². The molecule has 10 heteroatoms. The molecule has 1 aliphatic carbocycles. The third-order valence-corrected chi connectivity index (χ3v) is 6.28. The van der Waals surface area contributed by atoms with E-state index in [0.29, 0.717) is 5.69 Å². The van der Waals surface area contributed by atoms with E-state index >= 15 is 0 Å². The van der Waals surface area contributed by atoms with Crippen LogP contribution in [0, 0.1) is 5.92 Å². The third kappa shape index (κ3) is 5.01. The summed E-state index contributed by atoms with van der Waals surface area (Å²) in [7, 11) is 2.10. The van der Waals surface area contributed by atoms with Gasteiger partial charge in [-0.25, -0.2) is 4.68 Å². The summed E-state index contributed by atoms with van der Waals surface area (Å²) in [5.41, 5.74) is 0.769. The van der Waals surface area contributed by atoms with E-state index in [9.17, 15) is 14.7 Å². The number of hydrogen-bond donors (Lipinski definition) is 2. The Morgan fingerprint density at radius 2 is 1.90 bits per heavy atom. The van der Waals surface area contributed by atoms with Gasteiger partial charge in [0.05, 0.1) is 11.3 Å². The van der Waals surface area contributed by atoms with E-state index in [-0.39, 0.29) is 35.1 Å². The van der Waals surface area contributed by atoms with E-state index in [1.165, 1.54) is 17.1 Å². The molecule has 2 fully saturated rings. The van der Waals surface area contributed by atoms with Crippen LogP contribution in [0.2, 0.25) is 0 Å². The minimum absolute atomic E-state index is 0.0112. The number of nitrogens with zero attached hydrogens (tertiary/aromatic N) is 6. The van der Waals surface area contributed by atoms with Crippen LogP contribution in [-0.2, 0) is 4.79 Å². The summed E-state index contributed by atoms with van der Waals surface area (Å²) >= 11 is 0. The summed E-state index contributed by atoms with van der Waals surface area (Å²) in [5, 5.41) is 24.2. The van der Waals surface area contributed by atoms with Gasteiger partial charge in [-0.1, -0.05) is 0 Å². The second-order valence-electron chi connectivity index (χ2n) is 8.46. The highest BCUT2D eigenvalue weighted by Gasteiger charge is 2.31. The van der Waals surface area contributed by atoms with Crippen molar-refractivity contribution < 1.29 is 14.7 Å². The molecule has 0 spiro atoms. The van der Waals surface area contributed by atoms with E-state index in [2.05, 4.69) is 32.8 Å². The standard InChI is InChI=1S/C21H29N7O3/c1-26-9-2-10-27(12-11-26)21(31)15-3-5-16(6-4-15)23-20(30)18-13-17(7-8-19(18)29)28-14-22-24-25-28/h7-8,13-16,29H,2-6,9-12H2,1H3,(H,23,30). The lowest BCUT2D eigenvalue weighted by molar-refractivity contribution is -0.136. The molecule has 1 saturated heterocycles. The zero-order valence-electron chi connectivity index (χ0n) is 17.8. The molecule has 166 valence electrons. The highest BCUT2D eigenvalue weighted by molar-refractivity contribution is 5.97. The minimum Gasteiger partial charge on any atom is -0.507 e. The average Bonchev–Trinajstić information content (AvgIpc) is 3.22. The smallest absolute Gasteiger partial charge is 0.255 e. The van der Waals surface area contributed by atoms with Crippen LogP contribution in [0.1, 0.15) is 42.5 Å². The van der Waals surface area contributed by atoms with Crippen LogP contribution >= 0.6 is 0 Å². The lowest BCUT2D eigenvalue weighted by Gasteiger charge is -2.32. The summed E-state index contributed by atoms with van der Waals surface area (Å²) in [6.07, 6.45) is 5.49. The van der Waals surface area contributed by atoms with Crippen molar-refractivity contribution in [1.82, 2.24) is 35.3 Å². The quantitative estimate of drug-likeness (QED) is 0.742. The predicted molar refractivity (Wildman–Crippen MR) is 113 cm³/mol. The molecule has 2 aliphatic rings. The largest absolute Gasteiger partial charge is 0.507 e. The Morgan fingerprint density at radius 3 is 2.65 bits per heavy atom. The monoisotopic (exact) mass is 427 g/mol. The molecule has 10 nitrogen and oxygen atoms in total. The number of rotatable bonds is 4. The normalized spacial score (nSPS) is 22.7. The number of benzene rings is 1. The van der Waals surface area contributed by atoms with Crippen molar-refractivity contribution in [1.29, 1.82) is 0 Å². The molecule has 31 heavy (non-hydrogen) atoms. The van der Waals surface area contributed by atoms with Gasteiger partial charge < -0.3 is 20.2 Å². The van der Waals surface area contributed by atoms with Gasteiger partial charge in [0, 0.05) is 31.6 Å². The SMILES string of the molecule is CN1CCCN(C(=O)C2CCC(NC(=O)c3cc(-n4cnnn4)ccc3O)CC2)CC1. The second kappa shape index (κ2) is 9.42. The molecule has 0 radical (unpaired) electrons. The fraction of sp³-hybridized carbons (Fsp3) is 0.571. The summed E-state index contributed by atoms with van der Waals surface area (Å²) in [6.45, 7) is 3.58. The Morgan fingerprint density at radius 1 is 1.10 bits per heavy atom. The third-order valence-electron chi connectivity index (χ3n) is 6.28. The van der Waals surface area contributed by atoms with Crippen molar-refractivity contribution in [2.24, 2.45) is 5.92 Å². The number of phenols is 1. The molecule has 0 atom stereocenters. The number of amides is 2. The average molecular weight is 428 g/mol. The van der Waals surface area contributed by atoms with Crippen molar-refractivity contribution in [3.63, 3.8) is 0 Å². The first-order valence-electron chi connectivity index (χ1n) is 10.9. The van der Waals surface area contributed by atoms with Crippen LogP contribution in [0.15, 0.2) is 24.5 Å². The van der Waals surface area contributed by atoms with Crippen molar-refractivity contribution in [3.05, 3.63) is 30.1 Å². The first-order chi connectivity index (χ1) is 15.0. The summed E-state index contributed by atoms with van der Waals surface area (Å²) in [4.78, 5) is 30.0. The first-order valence-corrected chi connectivity index (χ1v) is 10.9. The second-order valence-corrected chi connectivity index (χ2v) is 8.46. The van der Waals surface area contributed by atoms with Crippen molar-refractivity contribution >= 4 is 11.8 Å². The fourth-order valence-electron chi connectivity index (χ4n) is 4.40. The Labute approximate surface area is 181 Å². The topological polar surface area (TPSA) is 116 Å². The van der Waals surface area contributed by atoms with Gasteiger partial charge >= 0.3 is 0 Å². The maximum atomic E-state index is 12.9. The highest BCUT2D eigenvalue weighted by Crippen LogP contribution is 2.27. The zero-order valence-corrected chi connectivity index (χ0v) is 17.8. The van der Waals surface area contributed by atoms with Crippen molar-refractivity contribution in [2.75, 3.05) is 33.2 Å². The number of carbonyl (C=O) groups is 2. The molecule has 2 amide bonds. The number of aromatic hydroxyl groups is 1. The van der Waals surface area contributed by atoms with Crippen LogP contribution < -0.4 is 5.32 Å². The molecular formula is C21H29N7O3.